The van der Waals surface area contributed by atoms with Gasteiger partial charge >= 0.3 is 0 Å². The fraction of sp³-hybridized carbons (Fsp3) is 0.190. The van der Waals surface area contributed by atoms with Gasteiger partial charge in [0.2, 0.25) is 0 Å². The summed E-state index contributed by atoms with van der Waals surface area (Å²) in [7, 11) is 0. The molecular weight excluding hydrogens is 360 g/mol. The molecule has 0 spiro atoms. The van der Waals surface area contributed by atoms with Crippen LogP contribution in [0.2, 0.25) is 0 Å². The number of hydrogen-bond donors (Lipinski definition) is 1. The topological polar surface area (TPSA) is 88.9 Å². The zero-order chi connectivity index (χ0) is 19.8. The second-order valence-corrected chi connectivity index (χ2v) is 6.54. The summed E-state index contributed by atoms with van der Waals surface area (Å²) in [5.74, 6) is -0.203. The van der Waals surface area contributed by atoms with Crippen LogP contribution in [0, 0.1) is 6.92 Å². The molecule has 1 aliphatic rings. The predicted octanol–water partition coefficient (Wildman–Crippen LogP) is 3.10. The van der Waals surface area contributed by atoms with E-state index in [4.69, 9.17) is 9.15 Å². The summed E-state index contributed by atoms with van der Waals surface area (Å²) in [4.78, 5) is 38.5. The highest BCUT2D eigenvalue weighted by Crippen LogP contribution is 2.34. The maximum absolute atomic E-state index is 12.6. The molecule has 1 aliphatic heterocycles. The molecule has 2 heterocycles. The fourth-order valence-electron chi connectivity index (χ4n) is 3.20. The van der Waals surface area contributed by atoms with Crippen molar-refractivity contribution < 1.29 is 18.7 Å². The van der Waals surface area contributed by atoms with E-state index in [0.29, 0.717) is 34.6 Å². The van der Waals surface area contributed by atoms with E-state index < -0.39 is 5.91 Å². The standard InChI is InChI=1S/C21H18N2O5/c1-3-23-15-9-13(5-7-18(15)27-11-20(23)25)22-21(26)19-10-16(24)14-8-12(2)4-6-17(14)28-19/h4-10H,3,11H2,1-2H3,(H,22,26). The van der Waals surface area contributed by atoms with Crippen LogP contribution >= 0.6 is 0 Å². The lowest BCUT2D eigenvalue weighted by Gasteiger charge is -2.28. The Kier molecular flexibility index (Phi) is 4.35. The third-order valence-electron chi connectivity index (χ3n) is 4.58. The molecular formula is C21H18N2O5. The predicted molar refractivity (Wildman–Crippen MR) is 105 cm³/mol. The summed E-state index contributed by atoms with van der Waals surface area (Å²) in [6.45, 7) is 4.23. The van der Waals surface area contributed by atoms with Crippen molar-refractivity contribution in [2.45, 2.75) is 13.8 Å². The summed E-state index contributed by atoms with van der Waals surface area (Å²) in [6.07, 6.45) is 0. The van der Waals surface area contributed by atoms with E-state index in [0.717, 1.165) is 5.56 Å². The number of nitrogens with zero attached hydrogens (tertiary/aromatic N) is 1. The van der Waals surface area contributed by atoms with Crippen molar-refractivity contribution in [3.8, 4) is 5.75 Å². The van der Waals surface area contributed by atoms with Crippen LogP contribution in [-0.4, -0.2) is 25.0 Å². The second kappa shape index (κ2) is 6.84. The van der Waals surface area contributed by atoms with Gasteiger partial charge in [-0.3, -0.25) is 14.4 Å². The van der Waals surface area contributed by atoms with Gasteiger partial charge in [0.05, 0.1) is 11.1 Å². The van der Waals surface area contributed by atoms with Crippen molar-refractivity contribution in [2.75, 3.05) is 23.4 Å². The van der Waals surface area contributed by atoms with Crippen molar-refractivity contribution >= 4 is 34.2 Å². The third-order valence-corrected chi connectivity index (χ3v) is 4.58. The monoisotopic (exact) mass is 378 g/mol. The molecule has 0 atom stereocenters. The van der Waals surface area contributed by atoms with Crippen molar-refractivity contribution in [1.29, 1.82) is 0 Å². The van der Waals surface area contributed by atoms with Gasteiger partial charge in [0, 0.05) is 18.3 Å². The molecule has 1 aromatic heterocycles. The zero-order valence-electron chi connectivity index (χ0n) is 15.4. The number of likely N-dealkylation sites (N-methyl/N-ethyl adjacent to an activating group) is 1. The van der Waals surface area contributed by atoms with Crippen LogP contribution in [0.3, 0.4) is 0 Å². The number of aryl methyl sites for hydroxylation is 1. The Morgan fingerprint density at radius 1 is 1.14 bits per heavy atom. The quantitative estimate of drug-likeness (QED) is 0.757. The molecule has 0 unspecified atom stereocenters. The van der Waals surface area contributed by atoms with Gasteiger partial charge in [-0.15, -0.1) is 0 Å². The summed E-state index contributed by atoms with van der Waals surface area (Å²) in [5.41, 5.74) is 2.06. The van der Waals surface area contributed by atoms with Gasteiger partial charge in [-0.05, 0) is 44.2 Å². The molecule has 0 saturated carbocycles. The van der Waals surface area contributed by atoms with E-state index in [1.807, 2.05) is 19.9 Å². The fourth-order valence-corrected chi connectivity index (χ4v) is 3.20. The van der Waals surface area contributed by atoms with Crippen LogP contribution in [0.25, 0.3) is 11.0 Å². The van der Waals surface area contributed by atoms with Gasteiger partial charge in [0.1, 0.15) is 11.3 Å². The normalized spacial score (nSPS) is 13.2. The Labute approximate surface area is 160 Å². The molecule has 1 N–H and O–H groups in total. The number of rotatable bonds is 3. The van der Waals surface area contributed by atoms with Gasteiger partial charge in [-0.2, -0.15) is 0 Å². The lowest BCUT2D eigenvalue weighted by atomic mass is 10.1. The molecule has 142 valence electrons. The summed E-state index contributed by atoms with van der Waals surface area (Å²) in [6, 6.07) is 11.4. The summed E-state index contributed by atoms with van der Waals surface area (Å²) >= 11 is 0. The largest absolute Gasteiger partial charge is 0.482 e. The van der Waals surface area contributed by atoms with Crippen LogP contribution in [-0.2, 0) is 4.79 Å². The average Bonchev–Trinajstić information content (AvgIpc) is 2.68. The minimum atomic E-state index is -0.550. The molecule has 0 radical (unpaired) electrons. The van der Waals surface area contributed by atoms with Crippen LogP contribution < -0.4 is 20.4 Å². The molecule has 28 heavy (non-hydrogen) atoms. The van der Waals surface area contributed by atoms with E-state index in [2.05, 4.69) is 5.32 Å². The molecule has 7 nitrogen and oxygen atoms in total. The molecule has 2 aromatic carbocycles. The molecule has 0 bridgehead atoms. The Balaban J connectivity index is 1.65. The van der Waals surface area contributed by atoms with Crippen LogP contribution in [0.5, 0.6) is 5.75 Å². The maximum atomic E-state index is 12.6. The van der Waals surface area contributed by atoms with Gasteiger partial charge in [0.15, 0.2) is 17.8 Å². The number of amides is 2. The highest BCUT2D eigenvalue weighted by molar-refractivity contribution is 6.04. The average molecular weight is 378 g/mol. The Bertz CT molecular complexity index is 1170. The molecule has 4 rings (SSSR count). The van der Waals surface area contributed by atoms with Crippen molar-refractivity contribution in [3.05, 3.63) is 64.0 Å². The first-order valence-electron chi connectivity index (χ1n) is 8.89. The SMILES string of the molecule is CCN1C(=O)COc2ccc(NC(=O)c3cc(=O)c4cc(C)ccc4o3)cc21. The molecule has 0 fully saturated rings. The minimum Gasteiger partial charge on any atom is -0.482 e. The zero-order valence-corrected chi connectivity index (χ0v) is 15.4. The lowest BCUT2D eigenvalue weighted by molar-refractivity contribution is -0.121. The van der Waals surface area contributed by atoms with E-state index in [9.17, 15) is 14.4 Å². The molecule has 7 heteroatoms. The molecule has 0 aliphatic carbocycles. The maximum Gasteiger partial charge on any atom is 0.291 e. The number of hydrogen-bond acceptors (Lipinski definition) is 5. The van der Waals surface area contributed by atoms with Crippen LogP contribution in [0.15, 0.2) is 51.7 Å². The lowest BCUT2D eigenvalue weighted by Crippen LogP contribution is -2.38. The summed E-state index contributed by atoms with van der Waals surface area (Å²) in [5, 5.41) is 3.14. The van der Waals surface area contributed by atoms with Gasteiger partial charge in [-0.1, -0.05) is 11.6 Å². The van der Waals surface area contributed by atoms with E-state index in [1.165, 1.54) is 6.07 Å². The van der Waals surface area contributed by atoms with Crippen LogP contribution in [0.1, 0.15) is 23.0 Å². The first kappa shape index (κ1) is 17.8. The first-order chi connectivity index (χ1) is 13.5. The van der Waals surface area contributed by atoms with Crippen LogP contribution in [0.4, 0.5) is 11.4 Å². The number of nitrogens with one attached hydrogen (secondary N) is 1. The number of carbonyl (C=O) groups is 2. The number of fused-ring (bicyclic) bond motifs is 2. The van der Waals surface area contributed by atoms with Crippen molar-refractivity contribution in [2.24, 2.45) is 0 Å². The minimum absolute atomic E-state index is 0.00569. The number of ether oxygens (including phenoxy) is 1. The van der Waals surface area contributed by atoms with E-state index in [1.54, 1.807) is 35.2 Å². The van der Waals surface area contributed by atoms with Gasteiger partial charge < -0.3 is 19.4 Å². The number of carbonyl (C=O) groups excluding carboxylic acids is 2. The molecule has 0 saturated heterocycles. The van der Waals surface area contributed by atoms with Gasteiger partial charge in [0.25, 0.3) is 11.8 Å². The summed E-state index contributed by atoms with van der Waals surface area (Å²) < 4.78 is 11.0. The molecule has 2 amide bonds. The Hall–Kier alpha value is -3.61. The van der Waals surface area contributed by atoms with E-state index >= 15 is 0 Å². The molecule has 3 aromatic rings. The highest BCUT2D eigenvalue weighted by Gasteiger charge is 2.24. The second-order valence-electron chi connectivity index (χ2n) is 6.54. The highest BCUT2D eigenvalue weighted by atomic mass is 16.5. The first-order valence-corrected chi connectivity index (χ1v) is 8.89. The van der Waals surface area contributed by atoms with Crippen molar-refractivity contribution in [1.82, 2.24) is 0 Å². The third kappa shape index (κ3) is 3.11. The Morgan fingerprint density at radius 2 is 1.96 bits per heavy atom. The van der Waals surface area contributed by atoms with Crippen molar-refractivity contribution in [3.63, 3.8) is 0 Å². The number of benzene rings is 2. The number of anilines is 2. The Morgan fingerprint density at radius 3 is 2.75 bits per heavy atom. The van der Waals surface area contributed by atoms with E-state index in [-0.39, 0.29) is 23.7 Å². The van der Waals surface area contributed by atoms with Gasteiger partial charge in [-0.25, -0.2) is 0 Å². The smallest absolute Gasteiger partial charge is 0.291 e.